The van der Waals surface area contributed by atoms with E-state index in [-0.39, 0.29) is 12.0 Å². The first-order chi connectivity index (χ1) is 8.05. The van der Waals surface area contributed by atoms with Crippen LogP contribution in [0.2, 0.25) is 0 Å². The number of nitrogens with zero attached hydrogens (tertiary/aromatic N) is 1. The molecule has 5 N–H and O–H groups in total. The summed E-state index contributed by atoms with van der Waals surface area (Å²) in [6.45, 7) is 4.49. The van der Waals surface area contributed by atoms with Gasteiger partial charge < -0.3 is 21.5 Å². The third-order valence-electron chi connectivity index (χ3n) is 2.82. The minimum Gasteiger partial charge on any atom is -0.370 e. The van der Waals surface area contributed by atoms with Gasteiger partial charge in [-0.05, 0) is 19.9 Å². The summed E-state index contributed by atoms with van der Waals surface area (Å²) in [5.74, 6) is 0.364. The predicted octanol–water partition coefficient (Wildman–Crippen LogP) is 0.343. The Morgan fingerprint density at radius 1 is 1.59 bits per heavy atom. The number of nitrogens with two attached hydrogens (primary N) is 2. The number of aliphatic imine (C=N–C) groups is 1. The van der Waals surface area contributed by atoms with Gasteiger partial charge in [0.05, 0.1) is 0 Å². The van der Waals surface area contributed by atoms with Crippen LogP contribution in [0.3, 0.4) is 0 Å². The first-order valence-corrected chi connectivity index (χ1v) is 5.80. The number of ether oxygens (including phenoxy) is 1. The molecular formula is C12H22N4O. The fourth-order valence-electron chi connectivity index (χ4n) is 1.99. The highest BCUT2D eigenvalue weighted by molar-refractivity contribution is 5.79. The highest BCUT2D eigenvalue weighted by Gasteiger charge is 2.39. The lowest BCUT2D eigenvalue weighted by Crippen LogP contribution is -2.59. The van der Waals surface area contributed by atoms with E-state index in [0.717, 1.165) is 0 Å². The Balaban J connectivity index is 2.96. The van der Waals surface area contributed by atoms with Crippen molar-refractivity contribution in [1.82, 2.24) is 5.32 Å². The van der Waals surface area contributed by atoms with Crippen LogP contribution in [0.15, 0.2) is 29.3 Å². The van der Waals surface area contributed by atoms with Crippen LogP contribution < -0.4 is 16.8 Å². The molecular weight excluding hydrogens is 216 g/mol. The van der Waals surface area contributed by atoms with Crippen molar-refractivity contribution in [3.63, 3.8) is 0 Å². The molecule has 0 saturated carbocycles. The number of rotatable bonds is 4. The Labute approximate surface area is 103 Å². The summed E-state index contributed by atoms with van der Waals surface area (Å²) in [6.07, 6.45) is 7.80. The van der Waals surface area contributed by atoms with Gasteiger partial charge in [0.25, 0.3) is 0 Å². The Morgan fingerprint density at radius 3 is 2.82 bits per heavy atom. The van der Waals surface area contributed by atoms with E-state index in [1.165, 1.54) is 0 Å². The molecule has 1 aliphatic carbocycles. The average molecular weight is 238 g/mol. The second-order valence-corrected chi connectivity index (χ2v) is 4.11. The van der Waals surface area contributed by atoms with Gasteiger partial charge >= 0.3 is 0 Å². The Hall–Kier alpha value is -1.33. The van der Waals surface area contributed by atoms with E-state index >= 15 is 0 Å². The van der Waals surface area contributed by atoms with Gasteiger partial charge in [-0.3, -0.25) is 4.99 Å². The summed E-state index contributed by atoms with van der Waals surface area (Å²) >= 11 is 0. The van der Waals surface area contributed by atoms with Crippen molar-refractivity contribution in [3.8, 4) is 0 Å². The van der Waals surface area contributed by atoms with Crippen LogP contribution in [0.4, 0.5) is 0 Å². The van der Waals surface area contributed by atoms with Gasteiger partial charge in [0.1, 0.15) is 0 Å². The molecule has 0 aromatic heterocycles. The van der Waals surface area contributed by atoms with Crippen molar-refractivity contribution in [2.75, 3.05) is 13.7 Å². The van der Waals surface area contributed by atoms with Crippen molar-refractivity contribution in [2.45, 2.75) is 25.6 Å². The molecule has 3 atom stereocenters. The fourth-order valence-corrected chi connectivity index (χ4v) is 1.99. The van der Waals surface area contributed by atoms with Crippen molar-refractivity contribution < 1.29 is 4.74 Å². The SMILES string of the molecule is CCN=C(N)NC1(OC)C=CC=CC1C(C)N. The largest absolute Gasteiger partial charge is 0.370 e. The molecule has 96 valence electrons. The number of allylic oxidation sites excluding steroid dienone is 2. The number of hydrogen-bond acceptors (Lipinski definition) is 3. The normalized spacial score (nSPS) is 30.4. The van der Waals surface area contributed by atoms with E-state index in [1.54, 1.807) is 7.11 Å². The molecule has 17 heavy (non-hydrogen) atoms. The molecule has 5 heteroatoms. The molecule has 5 nitrogen and oxygen atoms in total. The van der Waals surface area contributed by atoms with E-state index in [2.05, 4.69) is 10.3 Å². The van der Waals surface area contributed by atoms with Crippen LogP contribution in [0.25, 0.3) is 0 Å². The number of hydrogen-bond donors (Lipinski definition) is 3. The van der Waals surface area contributed by atoms with Crippen LogP contribution in [0, 0.1) is 5.92 Å². The van der Waals surface area contributed by atoms with Gasteiger partial charge in [-0.1, -0.05) is 18.2 Å². The minimum absolute atomic E-state index is 0.00288. The zero-order valence-corrected chi connectivity index (χ0v) is 10.7. The highest BCUT2D eigenvalue weighted by Crippen LogP contribution is 2.27. The molecule has 0 heterocycles. The van der Waals surface area contributed by atoms with E-state index < -0.39 is 5.72 Å². The minimum atomic E-state index is -0.717. The molecule has 0 aromatic carbocycles. The summed E-state index contributed by atoms with van der Waals surface area (Å²) < 4.78 is 5.58. The Kier molecular flexibility index (Phi) is 4.72. The van der Waals surface area contributed by atoms with Gasteiger partial charge in [-0.15, -0.1) is 0 Å². The summed E-state index contributed by atoms with van der Waals surface area (Å²) in [6, 6.07) is -0.0573. The molecule has 0 bridgehead atoms. The monoisotopic (exact) mass is 238 g/mol. The summed E-state index contributed by atoms with van der Waals surface area (Å²) in [4.78, 5) is 4.11. The maximum Gasteiger partial charge on any atom is 0.191 e. The first kappa shape index (κ1) is 13.7. The highest BCUT2D eigenvalue weighted by atomic mass is 16.5. The first-order valence-electron chi connectivity index (χ1n) is 5.80. The topological polar surface area (TPSA) is 85.7 Å². The number of methoxy groups -OCH3 is 1. The standard InChI is InChI=1S/C12H22N4O/c1-4-15-11(14)16-12(17-3)8-6-5-7-10(12)9(2)13/h5-10H,4,13H2,1-3H3,(H3,14,15,16). The van der Waals surface area contributed by atoms with Gasteiger partial charge in [-0.2, -0.15) is 0 Å². The van der Waals surface area contributed by atoms with Crippen LogP contribution in [0.1, 0.15) is 13.8 Å². The van der Waals surface area contributed by atoms with Crippen molar-refractivity contribution >= 4 is 5.96 Å². The lowest BCUT2D eigenvalue weighted by Gasteiger charge is -2.40. The van der Waals surface area contributed by atoms with Crippen LogP contribution >= 0.6 is 0 Å². The summed E-state index contributed by atoms with van der Waals surface area (Å²) in [5.41, 5.74) is 11.1. The van der Waals surface area contributed by atoms with E-state index in [9.17, 15) is 0 Å². The van der Waals surface area contributed by atoms with Crippen LogP contribution in [-0.2, 0) is 4.74 Å². The number of nitrogens with one attached hydrogen (secondary N) is 1. The molecule has 3 unspecified atom stereocenters. The maximum absolute atomic E-state index is 5.98. The van der Waals surface area contributed by atoms with Crippen LogP contribution in [0.5, 0.6) is 0 Å². The molecule has 0 aliphatic heterocycles. The lowest BCUT2D eigenvalue weighted by molar-refractivity contribution is -0.0223. The maximum atomic E-state index is 5.98. The zero-order valence-electron chi connectivity index (χ0n) is 10.7. The van der Waals surface area contributed by atoms with E-state index in [4.69, 9.17) is 16.2 Å². The Morgan fingerprint density at radius 2 is 2.29 bits per heavy atom. The van der Waals surface area contributed by atoms with Crippen molar-refractivity contribution in [1.29, 1.82) is 0 Å². The van der Waals surface area contributed by atoms with Crippen LogP contribution in [-0.4, -0.2) is 31.4 Å². The Bertz CT molecular complexity index is 335. The van der Waals surface area contributed by atoms with Crippen molar-refractivity contribution in [2.24, 2.45) is 22.4 Å². The predicted molar refractivity (Wildman–Crippen MR) is 70.5 cm³/mol. The van der Waals surface area contributed by atoms with E-state index in [0.29, 0.717) is 12.5 Å². The van der Waals surface area contributed by atoms with Gasteiger partial charge in [0, 0.05) is 25.6 Å². The molecule has 0 fully saturated rings. The molecule has 0 aromatic rings. The average Bonchev–Trinajstić information content (AvgIpc) is 2.29. The molecule has 0 radical (unpaired) electrons. The second kappa shape index (κ2) is 5.84. The second-order valence-electron chi connectivity index (χ2n) is 4.11. The van der Waals surface area contributed by atoms with E-state index in [1.807, 2.05) is 38.2 Å². The lowest BCUT2D eigenvalue weighted by atomic mass is 9.85. The zero-order chi connectivity index (χ0) is 12.9. The van der Waals surface area contributed by atoms with Gasteiger partial charge in [0.15, 0.2) is 11.7 Å². The molecule has 1 aliphatic rings. The van der Waals surface area contributed by atoms with Gasteiger partial charge in [0.2, 0.25) is 0 Å². The number of guanidine groups is 1. The summed E-state index contributed by atoms with van der Waals surface area (Å²) in [5, 5.41) is 3.10. The summed E-state index contributed by atoms with van der Waals surface area (Å²) in [7, 11) is 1.63. The van der Waals surface area contributed by atoms with Crippen molar-refractivity contribution in [3.05, 3.63) is 24.3 Å². The smallest absolute Gasteiger partial charge is 0.191 e. The molecule has 0 amide bonds. The molecule has 1 rings (SSSR count). The third-order valence-corrected chi connectivity index (χ3v) is 2.82. The quantitative estimate of drug-likeness (QED) is 0.374. The molecule has 0 spiro atoms. The third kappa shape index (κ3) is 3.08. The fraction of sp³-hybridized carbons (Fsp3) is 0.583. The molecule has 0 saturated heterocycles. The van der Waals surface area contributed by atoms with Gasteiger partial charge in [-0.25, -0.2) is 0 Å².